The molecule has 1 fully saturated rings. The Kier molecular flexibility index (Phi) is 4.84. The topological polar surface area (TPSA) is 43.8 Å². The Labute approximate surface area is 111 Å². The van der Waals surface area contributed by atoms with Gasteiger partial charge in [0.05, 0.1) is 12.1 Å². The van der Waals surface area contributed by atoms with Gasteiger partial charge in [-0.1, -0.05) is 0 Å². The number of hydrogen-bond donors (Lipinski definition) is 1. The number of carbonyl (C=O) groups is 1. The fraction of sp³-hybridized carbons (Fsp3) is 0.917. The molecule has 0 aromatic heterocycles. The van der Waals surface area contributed by atoms with Crippen LogP contribution in [0.15, 0.2) is 0 Å². The zero-order valence-electron chi connectivity index (χ0n) is 11.5. The summed E-state index contributed by atoms with van der Waals surface area (Å²) in [4.78, 5) is 14.2. The van der Waals surface area contributed by atoms with Gasteiger partial charge in [0.2, 0.25) is 5.91 Å². The average Bonchev–Trinajstić information content (AvgIpc) is 2.62. The molecule has 1 saturated heterocycles. The van der Waals surface area contributed by atoms with E-state index < -0.39 is 24.2 Å². The quantitative estimate of drug-likeness (QED) is 0.844. The third kappa shape index (κ3) is 4.99. The summed E-state index contributed by atoms with van der Waals surface area (Å²) in [5.41, 5.74) is -0.959. The summed E-state index contributed by atoms with van der Waals surface area (Å²) >= 11 is 0. The first-order valence-electron chi connectivity index (χ1n) is 6.28. The van der Waals surface area contributed by atoms with Crippen molar-refractivity contribution in [3.8, 4) is 0 Å². The number of amides is 1. The first-order valence-corrected chi connectivity index (χ1v) is 6.28. The molecule has 1 atom stereocenters. The number of nitrogens with zero attached hydrogens (tertiary/aromatic N) is 2. The summed E-state index contributed by atoms with van der Waals surface area (Å²) in [6.07, 6.45) is -2.80. The lowest BCUT2D eigenvalue weighted by atomic mass is 9.97. The molecule has 1 heterocycles. The van der Waals surface area contributed by atoms with Crippen LogP contribution in [0.5, 0.6) is 0 Å². The van der Waals surface area contributed by atoms with Gasteiger partial charge >= 0.3 is 6.18 Å². The number of hydrogen-bond acceptors (Lipinski definition) is 3. The van der Waals surface area contributed by atoms with Gasteiger partial charge in [-0.05, 0) is 33.2 Å². The Bertz CT molecular complexity index is 326. The number of rotatable bonds is 4. The van der Waals surface area contributed by atoms with E-state index in [0.717, 1.165) is 19.9 Å². The van der Waals surface area contributed by atoms with E-state index in [2.05, 4.69) is 0 Å². The Morgan fingerprint density at radius 2 is 2.00 bits per heavy atom. The molecule has 112 valence electrons. The van der Waals surface area contributed by atoms with Gasteiger partial charge in [-0.25, -0.2) is 0 Å². The largest absolute Gasteiger partial charge is 0.406 e. The van der Waals surface area contributed by atoms with Gasteiger partial charge in [0.25, 0.3) is 0 Å². The summed E-state index contributed by atoms with van der Waals surface area (Å²) in [7, 11) is 1.14. The number of carbonyl (C=O) groups excluding carboxylic acids is 1. The zero-order valence-corrected chi connectivity index (χ0v) is 11.5. The van der Waals surface area contributed by atoms with Gasteiger partial charge in [0.15, 0.2) is 0 Å². The maximum absolute atomic E-state index is 12.2. The van der Waals surface area contributed by atoms with E-state index >= 15 is 0 Å². The molecule has 0 bridgehead atoms. The fourth-order valence-corrected chi connectivity index (χ4v) is 2.47. The smallest absolute Gasteiger partial charge is 0.389 e. The van der Waals surface area contributed by atoms with Crippen LogP contribution in [-0.2, 0) is 4.79 Å². The minimum Gasteiger partial charge on any atom is -0.389 e. The van der Waals surface area contributed by atoms with E-state index in [1.165, 1.54) is 0 Å². The minimum atomic E-state index is -4.38. The Balaban J connectivity index is 2.57. The number of likely N-dealkylation sites (N-methyl/N-ethyl adjacent to an activating group) is 1. The summed E-state index contributed by atoms with van der Waals surface area (Å²) in [5, 5.41) is 9.98. The maximum Gasteiger partial charge on any atom is 0.406 e. The molecule has 0 spiro atoms. The van der Waals surface area contributed by atoms with E-state index in [1.807, 2.05) is 0 Å². The van der Waals surface area contributed by atoms with Gasteiger partial charge in [-0.2, -0.15) is 13.2 Å². The van der Waals surface area contributed by atoms with Crippen molar-refractivity contribution in [2.75, 3.05) is 26.7 Å². The van der Waals surface area contributed by atoms with Crippen LogP contribution in [0.2, 0.25) is 0 Å². The Morgan fingerprint density at radius 1 is 1.42 bits per heavy atom. The SMILES string of the molecule is CN(CC(F)(F)F)C(=O)CN1CCCC1C(C)(C)O. The molecule has 1 aliphatic heterocycles. The molecular formula is C12H21F3N2O2. The van der Waals surface area contributed by atoms with Gasteiger partial charge in [-0.15, -0.1) is 0 Å². The van der Waals surface area contributed by atoms with Crippen molar-refractivity contribution >= 4 is 5.91 Å². The van der Waals surface area contributed by atoms with Crippen LogP contribution in [0.1, 0.15) is 26.7 Å². The van der Waals surface area contributed by atoms with Crippen molar-refractivity contribution in [3.05, 3.63) is 0 Å². The van der Waals surface area contributed by atoms with E-state index in [1.54, 1.807) is 18.7 Å². The highest BCUT2D eigenvalue weighted by Crippen LogP contribution is 2.26. The highest BCUT2D eigenvalue weighted by Gasteiger charge is 2.38. The van der Waals surface area contributed by atoms with E-state index in [4.69, 9.17) is 0 Å². The third-order valence-electron chi connectivity index (χ3n) is 3.36. The van der Waals surface area contributed by atoms with Crippen molar-refractivity contribution < 1.29 is 23.1 Å². The summed E-state index contributed by atoms with van der Waals surface area (Å²) < 4.78 is 36.6. The molecule has 0 radical (unpaired) electrons. The molecule has 1 amide bonds. The lowest BCUT2D eigenvalue weighted by Gasteiger charge is -2.34. The molecule has 4 nitrogen and oxygen atoms in total. The van der Waals surface area contributed by atoms with Crippen LogP contribution in [0.4, 0.5) is 13.2 Å². The van der Waals surface area contributed by atoms with Crippen molar-refractivity contribution in [1.29, 1.82) is 0 Å². The highest BCUT2D eigenvalue weighted by atomic mass is 19.4. The lowest BCUT2D eigenvalue weighted by molar-refractivity contribution is -0.159. The van der Waals surface area contributed by atoms with Crippen LogP contribution in [-0.4, -0.2) is 65.3 Å². The summed E-state index contributed by atoms with van der Waals surface area (Å²) in [5.74, 6) is -0.575. The molecule has 0 aliphatic carbocycles. The third-order valence-corrected chi connectivity index (χ3v) is 3.36. The monoisotopic (exact) mass is 282 g/mol. The fourth-order valence-electron chi connectivity index (χ4n) is 2.47. The number of likely N-dealkylation sites (tertiary alicyclic amines) is 1. The zero-order chi connectivity index (χ0) is 14.8. The van der Waals surface area contributed by atoms with Crippen molar-refractivity contribution in [2.45, 2.75) is 44.5 Å². The van der Waals surface area contributed by atoms with Crippen LogP contribution < -0.4 is 0 Å². The lowest BCUT2D eigenvalue weighted by Crippen LogP contribution is -2.50. The average molecular weight is 282 g/mol. The molecule has 7 heteroatoms. The number of aliphatic hydroxyl groups is 1. The van der Waals surface area contributed by atoms with Crippen molar-refractivity contribution in [2.24, 2.45) is 0 Å². The minimum absolute atomic E-state index is 0.0821. The number of alkyl halides is 3. The molecule has 0 aromatic rings. The van der Waals surface area contributed by atoms with Crippen LogP contribution in [0.3, 0.4) is 0 Å². The van der Waals surface area contributed by atoms with E-state index in [0.29, 0.717) is 11.4 Å². The molecule has 1 aliphatic rings. The Morgan fingerprint density at radius 3 is 2.47 bits per heavy atom. The van der Waals surface area contributed by atoms with Crippen LogP contribution in [0.25, 0.3) is 0 Å². The summed E-state index contributed by atoms with van der Waals surface area (Å²) in [6.45, 7) is 2.61. The first kappa shape index (κ1) is 16.2. The highest BCUT2D eigenvalue weighted by molar-refractivity contribution is 5.78. The predicted octanol–water partition coefficient (Wildman–Crippen LogP) is 1.24. The second kappa shape index (κ2) is 5.66. The van der Waals surface area contributed by atoms with E-state index in [9.17, 15) is 23.1 Å². The van der Waals surface area contributed by atoms with Crippen molar-refractivity contribution in [3.63, 3.8) is 0 Å². The van der Waals surface area contributed by atoms with Crippen molar-refractivity contribution in [1.82, 2.24) is 9.80 Å². The normalized spacial score (nSPS) is 21.7. The van der Waals surface area contributed by atoms with E-state index in [-0.39, 0.29) is 12.6 Å². The molecule has 0 aromatic carbocycles. The van der Waals surface area contributed by atoms with Crippen LogP contribution >= 0.6 is 0 Å². The van der Waals surface area contributed by atoms with Crippen LogP contribution in [0, 0.1) is 0 Å². The maximum atomic E-state index is 12.2. The molecule has 19 heavy (non-hydrogen) atoms. The number of halogens is 3. The molecule has 1 rings (SSSR count). The van der Waals surface area contributed by atoms with Gasteiger partial charge in [0.1, 0.15) is 6.54 Å². The first-order chi connectivity index (χ1) is 8.50. The predicted molar refractivity (Wildman–Crippen MR) is 64.6 cm³/mol. The van der Waals surface area contributed by atoms with Gasteiger partial charge in [-0.3, -0.25) is 9.69 Å². The van der Waals surface area contributed by atoms with Gasteiger partial charge in [0, 0.05) is 13.1 Å². The Hall–Kier alpha value is -0.820. The molecular weight excluding hydrogens is 261 g/mol. The standard InChI is InChI=1S/C12H21F3N2O2/c1-11(2,19)9-5-4-6-17(9)7-10(18)16(3)8-12(13,14)15/h9,19H,4-8H2,1-3H3. The molecule has 1 unspecified atom stereocenters. The second-order valence-corrected chi connectivity index (χ2v) is 5.65. The molecule has 1 N–H and O–H groups in total. The summed E-state index contributed by atoms with van der Waals surface area (Å²) in [6, 6.07) is -0.185. The van der Waals surface area contributed by atoms with Gasteiger partial charge < -0.3 is 10.0 Å². The second-order valence-electron chi connectivity index (χ2n) is 5.65. The molecule has 0 saturated carbocycles.